The average Bonchev–Trinajstić information content (AvgIpc) is 1.97. The Hall–Kier alpha value is -0.120. The highest BCUT2D eigenvalue weighted by Gasteiger charge is 2.09. The van der Waals surface area contributed by atoms with Crippen molar-refractivity contribution in [2.75, 3.05) is 13.2 Å². The van der Waals surface area contributed by atoms with Crippen LogP contribution in [0, 0.1) is 5.92 Å². The molecule has 0 aromatic rings. The van der Waals surface area contributed by atoms with E-state index in [-0.39, 0.29) is 18.8 Å². The molecule has 0 aliphatic carbocycles. The van der Waals surface area contributed by atoms with Crippen molar-refractivity contribution in [1.82, 2.24) is 5.32 Å². The minimum absolute atomic E-state index is 0.125. The zero-order valence-corrected chi connectivity index (χ0v) is 8.25. The second-order valence-electron chi connectivity index (χ2n) is 3.77. The van der Waals surface area contributed by atoms with Crippen LogP contribution in [0.15, 0.2) is 0 Å². The molecule has 0 bridgehead atoms. The van der Waals surface area contributed by atoms with Gasteiger partial charge in [-0.15, -0.1) is 0 Å². The van der Waals surface area contributed by atoms with Crippen LogP contribution in [-0.4, -0.2) is 35.5 Å². The van der Waals surface area contributed by atoms with Crippen LogP contribution >= 0.6 is 0 Å². The van der Waals surface area contributed by atoms with Gasteiger partial charge in [-0.05, 0) is 19.3 Å². The molecular formula is C9H21NO2. The van der Waals surface area contributed by atoms with E-state index in [1.807, 2.05) is 0 Å². The number of aliphatic hydroxyl groups excluding tert-OH is 2. The second-order valence-corrected chi connectivity index (χ2v) is 3.77. The van der Waals surface area contributed by atoms with Gasteiger partial charge in [-0.25, -0.2) is 0 Å². The highest BCUT2D eigenvalue weighted by atomic mass is 16.3. The molecule has 0 aliphatic rings. The summed E-state index contributed by atoms with van der Waals surface area (Å²) >= 11 is 0. The number of aliphatic hydroxyl groups is 2. The van der Waals surface area contributed by atoms with E-state index in [2.05, 4.69) is 19.2 Å². The van der Waals surface area contributed by atoms with E-state index < -0.39 is 0 Å². The van der Waals surface area contributed by atoms with Crippen molar-refractivity contribution in [3.8, 4) is 0 Å². The summed E-state index contributed by atoms with van der Waals surface area (Å²) in [5.74, 6) is 0.573. The maximum absolute atomic E-state index is 8.99. The standard InChI is InChI=1S/C9H21NO2/c1-7(2)4-9(6-11)10-5-8(3)12/h7-12H,4-6H2,1-3H3/t8-,9?/m1/s1. The van der Waals surface area contributed by atoms with E-state index in [1.165, 1.54) is 0 Å². The van der Waals surface area contributed by atoms with Crippen molar-refractivity contribution in [3.05, 3.63) is 0 Å². The molecule has 2 atom stereocenters. The molecule has 0 aromatic heterocycles. The van der Waals surface area contributed by atoms with E-state index in [0.29, 0.717) is 12.5 Å². The maximum atomic E-state index is 8.99. The van der Waals surface area contributed by atoms with Crippen LogP contribution in [0.25, 0.3) is 0 Å². The van der Waals surface area contributed by atoms with E-state index >= 15 is 0 Å². The van der Waals surface area contributed by atoms with Gasteiger partial charge in [0.1, 0.15) is 0 Å². The molecule has 0 radical (unpaired) electrons. The SMILES string of the molecule is CC(C)CC(CO)NC[C@@H](C)O. The molecule has 3 heteroatoms. The maximum Gasteiger partial charge on any atom is 0.0636 e. The van der Waals surface area contributed by atoms with E-state index in [9.17, 15) is 0 Å². The molecule has 0 rings (SSSR count). The van der Waals surface area contributed by atoms with Crippen LogP contribution in [0.4, 0.5) is 0 Å². The fraction of sp³-hybridized carbons (Fsp3) is 1.00. The Morgan fingerprint density at radius 1 is 1.25 bits per heavy atom. The summed E-state index contributed by atoms with van der Waals surface area (Å²) in [4.78, 5) is 0. The van der Waals surface area contributed by atoms with Gasteiger partial charge < -0.3 is 15.5 Å². The van der Waals surface area contributed by atoms with Gasteiger partial charge in [-0.2, -0.15) is 0 Å². The first-order valence-electron chi connectivity index (χ1n) is 4.58. The summed E-state index contributed by atoms with van der Waals surface area (Å²) in [6.07, 6.45) is 0.606. The lowest BCUT2D eigenvalue weighted by atomic mass is 10.0. The molecule has 0 aromatic carbocycles. The number of hydrogen-bond acceptors (Lipinski definition) is 3. The predicted octanol–water partition coefficient (Wildman–Crippen LogP) is 0.364. The molecule has 0 aliphatic heterocycles. The van der Waals surface area contributed by atoms with E-state index in [1.54, 1.807) is 6.92 Å². The van der Waals surface area contributed by atoms with E-state index in [4.69, 9.17) is 10.2 Å². The van der Waals surface area contributed by atoms with E-state index in [0.717, 1.165) is 6.42 Å². The number of nitrogens with one attached hydrogen (secondary N) is 1. The normalized spacial score (nSPS) is 16.5. The first-order chi connectivity index (χ1) is 5.56. The summed E-state index contributed by atoms with van der Waals surface area (Å²) in [6, 6.07) is 0.125. The minimum atomic E-state index is -0.341. The minimum Gasteiger partial charge on any atom is -0.395 e. The van der Waals surface area contributed by atoms with Crippen LogP contribution in [0.3, 0.4) is 0 Å². The van der Waals surface area contributed by atoms with Gasteiger partial charge >= 0.3 is 0 Å². The first-order valence-corrected chi connectivity index (χ1v) is 4.58. The van der Waals surface area contributed by atoms with Crippen molar-refractivity contribution in [3.63, 3.8) is 0 Å². The largest absolute Gasteiger partial charge is 0.395 e. The molecule has 1 unspecified atom stereocenters. The monoisotopic (exact) mass is 175 g/mol. The Labute approximate surface area is 74.8 Å². The fourth-order valence-corrected chi connectivity index (χ4v) is 1.13. The lowest BCUT2D eigenvalue weighted by Gasteiger charge is -2.18. The topological polar surface area (TPSA) is 52.5 Å². The van der Waals surface area contributed by atoms with Crippen molar-refractivity contribution >= 4 is 0 Å². The van der Waals surface area contributed by atoms with Crippen molar-refractivity contribution < 1.29 is 10.2 Å². The lowest BCUT2D eigenvalue weighted by Crippen LogP contribution is -2.37. The molecule has 0 saturated heterocycles. The summed E-state index contributed by atoms with van der Waals surface area (Å²) in [7, 11) is 0. The van der Waals surface area contributed by atoms with Gasteiger partial charge in [0.15, 0.2) is 0 Å². The molecule has 12 heavy (non-hydrogen) atoms. The zero-order chi connectivity index (χ0) is 9.56. The molecular weight excluding hydrogens is 154 g/mol. The summed E-state index contributed by atoms with van der Waals surface area (Å²) in [6.45, 7) is 6.67. The molecule has 0 amide bonds. The third-order valence-corrected chi connectivity index (χ3v) is 1.68. The van der Waals surface area contributed by atoms with Gasteiger partial charge in [0.2, 0.25) is 0 Å². The van der Waals surface area contributed by atoms with Crippen LogP contribution in [0.2, 0.25) is 0 Å². The Bertz CT molecular complexity index is 105. The van der Waals surface area contributed by atoms with Crippen molar-refractivity contribution in [2.45, 2.75) is 39.3 Å². The molecule has 0 fully saturated rings. The molecule has 74 valence electrons. The van der Waals surface area contributed by atoms with Gasteiger partial charge in [0.25, 0.3) is 0 Å². The number of hydrogen-bond donors (Lipinski definition) is 3. The summed E-state index contributed by atoms with van der Waals surface area (Å²) in [5.41, 5.74) is 0. The van der Waals surface area contributed by atoms with Gasteiger partial charge in [0, 0.05) is 12.6 Å². The van der Waals surface area contributed by atoms with Gasteiger partial charge in [0.05, 0.1) is 12.7 Å². The zero-order valence-electron chi connectivity index (χ0n) is 8.25. The van der Waals surface area contributed by atoms with Crippen LogP contribution < -0.4 is 5.32 Å². The molecule has 0 spiro atoms. The Balaban J connectivity index is 3.53. The second kappa shape index (κ2) is 6.40. The smallest absolute Gasteiger partial charge is 0.0636 e. The molecule has 3 nitrogen and oxygen atoms in total. The highest BCUT2D eigenvalue weighted by Crippen LogP contribution is 2.03. The Kier molecular flexibility index (Phi) is 6.34. The first kappa shape index (κ1) is 11.9. The molecule has 0 heterocycles. The van der Waals surface area contributed by atoms with Gasteiger partial charge in [-0.3, -0.25) is 0 Å². The van der Waals surface area contributed by atoms with Crippen molar-refractivity contribution in [1.29, 1.82) is 0 Å². The van der Waals surface area contributed by atoms with Crippen molar-refractivity contribution in [2.24, 2.45) is 5.92 Å². The highest BCUT2D eigenvalue weighted by molar-refractivity contribution is 4.68. The van der Waals surface area contributed by atoms with Crippen LogP contribution in [0.1, 0.15) is 27.2 Å². The predicted molar refractivity (Wildman–Crippen MR) is 50.0 cm³/mol. The lowest BCUT2D eigenvalue weighted by molar-refractivity contribution is 0.166. The quantitative estimate of drug-likeness (QED) is 0.546. The van der Waals surface area contributed by atoms with Crippen LogP contribution in [0.5, 0.6) is 0 Å². The fourth-order valence-electron chi connectivity index (χ4n) is 1.13. The third kappa shape index (κ3) is 6.58. The van der Waals surface area contributed by atoms with Crippen LogP contribution in [-0.2, 0) is 0 Å². The third-order valence-electron chi connectivity index (χ3n) is 1.68. The Morgan fingerprint density at radius 3 is 2.17 bits per heavy atom. The number of rotatable bonds is 6. The summed E-state index contributed by atoms with van der Waals surface area (Å²) < 4.78 is 0. The van der Waals surface area contributed by atoms with Gasteiger partial charge in [-0.1, -0.05) is 13.8 Å². The molecule has 3 N–H and O–H groups in total. The molecule has 0 saturated carbocycles. The summed E-state index contributed by atoms with van der Waals surface area (Å²) in [5, 5.41) is 21.0. The average molecular weight is 175 g/mol. The Morgan fingerprint density at radius 2 is 1.83 bits per heavy atom.